The van der Waals surface area contributed by atoms with E-state index < -0.39 is 108 Å². The zero-order valence-electron chi connectivity index (χ0n) is 86.5. The number of carbonyl (C=O) groups excluding carboxylic acids is 22. The highest BCUT2D eigenvalue weighted by Crippen LogP contribution is 2.24. The summed E-state index contributed by atoms with van der Waals surface area (Å²) >= 11 is 0. The molecule has 4 unspecified atom stereocenters. The lowest BCUT2D eigenvalue weighted by atomic mass is 9.90. The van der Waals surface area contributed by atoms with Crippen LogP contribution in [0.4, 0.5) is 0 Å². The van der Waals surface area contributed by atoms with Crippen molar-refractivity contribution >= 4 is 151 Å². The van der Waals surface area contributed by atoms with Gasteiger partial charge in [0.05, 0.1) is 42.4 Å². The summed E-state index contributed by atoms with van der Waals surface area (Å²) in [5, 5.41) is 115. The second-order valence-electron chi connectivity index (χ2n) is 29.5. The van der Waals surface area contributed by atoms with Gasteiger partial charge in [-0.2, -0.15) is 105 Å². The Bertz CT molecular complexity index is 3210. The van der Waals surface area contributed by atoms with E-state index in [4.69, 9.17) is 177 Å². The Morgan fingerprint density at radius 2 is 0.415 bits per heavy atom. The van der Waals surface area contributed by atoms with Crippen molar-refractivity contribution in [3.05, 3.63) is 12.7 Å². The molecule has 0 saturated heterocycles. The lowest BCUT2D eigenvalue weighted by Crippen LogP contribution is -2.29. The minimum atomic E-state index is -1.41. The molecular weight excluding hydrogens is 1970 g/mol. The van der Waals surface area contributed by atoms with E-state index in [1.54, 1.807) is 13.8 Å². The lowest BCUT2D eigenvalue weighted by molar-refractivity contribution is -0.193. The first-order valence-electron chi connectivity index (χ1n) is 47.0. The summed E-state index contributed by atoms with van der Waals surface area (Å²) in [6.07, 6.45) is 61.2. The molecular formula is C97H162O50. The standard InChI is InChI=1S/C21H42O2.C13H26O2.C9H18O2.C7H10O6.C7H12O2.C7H14O2.C6H12O2.C5H8O4.C5H10O2.C3H6O2.C3H4O2.11CO2/c1-2-3-4-5-6-7-8-9-10-11-12-13-14-15-16-17-18-19-20-21(22)23;1-2-3-4-5-6-7-8-9-10-11-12-13(14)15;1-2-3-4-5-6-7-8-9(10)11;1-3(6(10)11)4(7(12)13)2-5(8)9;8-7(9)6-4-2-1-3-5-6;1-2-3-4-5-6-7(8)9;1-3-4-5(2)6(7)8;1-3(5(8)9)2-4(6)7;1-2-3-4-5(6)7;2*1-2-3(4)5;11*2-1-3/h2-20H2,1H3,(H,22,23);2-12H2,1H3,(H,14,15);2-8H2,1H3,(H,10,11);3-4H,2H2,1H3,(H,8,9)(H,10,11)(H,12,13);6H,1-5H2,(H,8,9);2-6H2,1H3,(H,8,9);5H,3-4H2,1-2H3,(H,7,8);3H,2H2,1H3,(H,6,7)(H,8,9);2-4H2,1H3,(H,6,7);2H2,1H3,(H,4,5);2H,1H2,(H,4,5);;;;;;;;;;;. The number of rotatable bonds is 59. The van der Waals surface area contributed by atoms with Crippen molar-refractivity contribution in [1.82, 2.24) is 0 Å². The van der Waals surface area contributed by atoms with E-state index in [9.17, 15) is 67.1 Å². The van der Waals surface area contributed by atoms with Gasteiger partial charge >= 0.3 is 151 Å². The van der Waals surface area contributed by atoms with Gasteiger partial charge in [0.1, 0.15) is 0 Å². The topological polar surface area (TPSA) is 898 Å². The number of unbranched alkanes of at least 4 members (excludes halogenated alkanes) is 35. The molecule has 1 aliphatic rings. The zero-order valence-corrected chi connectivity index (χ0v) is 86.5. The van der Waals surface area contributed by atoms with Crippen LogP contribution in [0, 0.1) is 29.6 Å². The van der Waals surface area contributed by atoms with Crippen LogP contribution in [0.2, 0.25) is 0 Å². The molecule has 0 spiro atoms. The number of carboxylic acid groups (broad SMARTS) is 14. The van der Waals surface area contributed by atoms with Crippen LogP contribution in [0.15, 0.2) is 12.7 Å². The quantitative estimate of drug-likeness (QED) is 0.0199. The number of aliphatic carboxylic acids is 14. The number of carbonyl (C=O) groups is 14. The molecule has 14 N–H and O–H groups in total. The Hall–Kier alpha value is -14.5. The van der Waals surface area contributed by atoms with Crippen molar-refractivity contribution in [2.75, 3.05) is 0 Å². The molecule has 1 rings (SSSR count). The van der Waals surface area contributed by atoms with Crippen molar-refractivity contribution in [2.24, 2.45) is 29.6 Å². The van der Waals surface area contributed by atoms with Gasteiger partial charge < -0.3 is 71.5 Å². The van der Waals surface area contributed by atoms with Crippen molar-refractivity contribution in [1.29, 1.82) is 0 Å². The Labute approximate surface area is 856 Å². The normalized spacial score (nSPS) is 9.70. The predicted molar refractivity (Wildman–Crippen MR) is 500 cm³/mol. The van der Waals surface area contributed by atoms with E-state index in [1.165, 1.54) is 206 Å². The molecule has 0 aromatic heterocycles. The van der Waals surface area contributed by atoms with Gasteiger partial charge in [-0.3, -0.25) is 62.3 Å². The summed E-state index contributed by atoms with van der Waals surface area (Å²) in [5.74, 6) is -16.1. The van der Waals surface area contributed by atoms with Gasteiger partial charge in [-0.25, -0.2) is 4.79 Å². The molecule has 0 aromatic carbocycles. The predicted octanol–water partition coefficient (Wildman–Crippen LogP) is 15.6. The Morgan fingerprint density at radius 1 is 0.238 bits per heavy atom. The minimum Gasteiger partial charge on any atom is -0.481 e. The van der Waals surface area contributed by atoms with E-state index in [-0.39, 0.29) is 92.3 Å². The number of carboxylic acids is 14. The minimum absolute atomic E-state index is 0.0289. The van der Waals surface area contributed by atoms with Gasteiger partial charge in [0, 0.05) is 44.6 Å². The van der Waals surface area contributed by atoms with Crippen LogP contribution in [0.3, 0.4) is 0 Å². The van der Waals surface area contributed by atoms with Crippen molar-refractivity contribution in [3.63, 3.8) is 0 Å². The Morgan fingerprint density at radius 3 is 0.524 bits per heavy atom. The highest BCUT2D eigenvalue weighted by atomic mass is 16.4. The van der Waals surface area contributed by atoms with Crippen LogP contribution in [0.25, 0.3) is 0 Å². The van der Waals surface area contributed by atoms with Gasteiger partial charge in [-0.1, -0.05) is 326 Å². The lowest BCUT2D eigenvalue weighted by Gasteiger charge is -2.16. The van der Waals surface area contributed by atoms with Crippen LogP contribution < -0.4 is 0 Å². The molecule has 1 fully saturated rings. The smallest absolute Gasteiger partial charge is 0.373 e. The number of hydrogen-bond donors (Lipinski definition) is 14. The SMILES string of the molecule is C=CC(=O)O.CC(C(=O)O)C(CC(=O)O)C(=O)O.CC(CC(=O)O)C(=O)O.CCC(=O)O.CCCC(C)C(=O)O.CCCCC(=O)O.CCCCCCC(=O)O.CCCCCCCCC(=O)O.CCCCCCCCCCCCC(=O)O.CCCCCCCCCCCCCCCCCCCCC(=O)O.O=C(O)C1CCCCC1.O=C=O.O=C=O.O=C=O.O=C=O.O=C=O.O=C=O.O=C=O.O=C=O.O=C=O.O=C=O.O=C=O. The van der Waals surface area contributed by atoms with Gasteiger partial charge in [0.2, 0.25) is 0 Å². The molecule has 4 atom stereocenters. The second kappa shape index (κ2) is 187. The van der Waals surface area contributed by atoms with Crippen LogP contribution in [0.1, 0.15) is 422 Å². The van der Waals surface area contributed by atoms with Crippen molar-refractivity contribution in [3.8, 4) is 0 Å². The van der Waals surface area contributed by atoms with Crippen LogP contribution in [-0.4, -0.2) is 223 Å². The third kappa shape index (κ3) is 324. The van der Waals surface area contributed by atoms with Crippen molar-refractivity contribution in [2.45, 2.75) is 422 Å². The van der Waals surface area contributed by atoms with Gasteiger partial charge in [-0.05, 0) is 51.4 Å². The molecule has 0 aromatic rings. The van der Waals surface area contributed by atoms with E-state index in [1.807, 2.05) is 13.8 Å². The van der Waals surface area contributed by atoms with E-state index in [2.05, 4.69) is 34.3 Å². The fourth-order valence-electron chi connectivity index (χ4n) is 10.1. The van der Waals surface area contributed by atoms with Crippen LogP contribution >= 0.6 is 0 Å². The Balaban J connectivity index is -0.0000000617. The third-order valence-electron chi connectivity index (χ3n) is 17.4. The summed E-state index contributed by atoms with van der Waals surface area (Å²) in [4.78, 5) is 319. The fourth-order valence-corrected chi connectivity index (χ4v) is 10.1. The van der Waals surface area contributed by atoms with E-state index in [0.29, 0.717) is 32.1 Å². The molecule has 50 nitrogen and oxygen atoms in total. The van der Waals surface area contributed by atoms with Gasteiger partial charge in [-0.15, -0.1) is 0 Å². The summed E-state index contributed by atoms with van der Waals surface area (Å²) in [7, 11) is 0. The molecule has 147 heavy (non-hydrogen) atoms. The summed E-state index contributed by atoms with van der Waals surface area (Å²) in [6, 6.07) is 0. The molecule has 0 amide bonds. The van der Waals surface area contributed by atoms with Gasteiger partial charge in [0.15, 0.2) is 0 Å². The Kier molecular flexibility index (Phi) is 234. The number of hydrogen-bond acceptors (Lipinski definition) is 36. The molecule has 1 saturated carbocycles. The molecule has 50 heteroatoms. The zero-order chi connectivity index (χ0) is 119. The highest BCUT2D eigenvalue weighted by molar-refractivity contribution is 5.83. The molecule has 1 aliphatic carbocycles. The molecule has 0 bridgehead atoms. The van der Waals surface area contributed by atoms with Gasteiger partial charge in [0.25, 0.3) is 0 Å². The first kappa shape index (κ1) is 184. The monoisotopic (exact) mass is 2130 g/mol. The first-order valence-corrected chi connectivity index (χ1v) is 47.0. The highest BCUT2D eigenvalue weighted by Gasteiger charge is 2.32. The third-order valence-corrected chi connectivity index (χ3v) is 17.4. The van der Waals surface area contributed by atoms with Crippen LogP contribution in [0.5, 0.6) is 0 Å². The van der Waals surface area contributed by atoms with E-state index in [0.717, 1.165) is 115 Å². The van der Waals surface area contributed by atoms with E-state index >= 15 is 0 Å². The summed E-state index contributed by atoms with van der Waals surface area (Å²) < 4.78 is 0. The summed E-state index contributed by atoms with van der Waals surface area (Å²) in [6.45, 7) is 21.6. The average molecular weight is 2130 g/mol. The maximum absolute atomic E-state index is 10.5. The molecule has 850 valence electrons. The van der Waals surface area contributed by atoms with Crippen molar-refractivity contribution < 1.29 is 244 Å². The van der Waals surface area contributed by atoms with Crippen LogP contribution in [-0.2, 0) is 173 Å². The first-order chi connectivity index (χ1) is 69.3. The molecule has 0 radical (unpaired) electrons. The maximum atomic E-state index is 10.5. The molecule has 0 aliphatic heterocycles. The molecule has 0 heterocycles. The fraction of sp³-hybridized carbons (Fsp3) is 0.722. The summed E-state index contributed by atoms with van der Waals surface area (Å²) in [5.41, 5.74) is 0. The second-order valence-corrected chi connectivity index (χ2v) is 29.5. The average Bonchev–Trinajstić information content (AvgIpc) is 0.894. The largest absolute Gasteiger partial charge is 0.481 e. The maximum Gasteiger partial charge on any atom is 0.373 e.